The van der Waals surface area contributed by atoms with Crippen molar-refractivity contribution in [3.05, 3.63) is 58.7 Å². The van der Waals surface area contributed by atoms with Gasteiger partial charge in [0.25, 0.3) is 0 Å². The van der Waals surface area contributed by atoms with Gasteiger partial charge < -0.3 is 4.74 Å². The number of carbonyl (C=O) groups is 1. The first-order valence-corrected chi connectivity index (χ1v) is 6.67. The number of rotatable bonds is 3. The molecule has 3 aromatic rings. The number of nitrogens with zero attached hydrogens (tertiary/aromatic N) is 2. The molecule has 3 rings (SSSR count). The van der Waals surface area contributed by atoms with E-state index in [1.54, 1.807) is 6.07 Å². The molecule has 1 heterocycles. The summed E-state index contributed by atoms with van der Waals surface area (Å²) in [6.45, 7) is 4.12. The molecule has 5 heteroatoms. The van der Waals surface area contributed by atoms with Gasteiger partial charge in [0.15, 0.2) is 0 Å². The maximum atomic E-state index is 12.1. The summed E-state index contributed by atoms with van der Waals surface area (Å²) >= 11 is 0. The van der Waals surface area contributed by atoms with Crippen LogP contribution in [0.3, 0.4) is 0 Å². The van der Waals surface area contributed by atoms with Crippen LogP contribution in [0.25, 0.3) is 11.0 Å². The van der Waals surface area contributed by atoms with E-state index in [1.807, 2.05) is 44.2 Å². The minimum absolute atomic E-state index is 0.217. The van der Waals surface area contributed by atoms with Crippen LogP contribution >= 0.6 is 0 Å². The number of fused-ring (bicyclic) bond motifs is 1. The van der Waals surface area contributed by atoms with Crippen molar-refractivity contribution in [2.75, 3.05) is 0 Å². The van der Waals surface area contributed by atoms with E-state index in [4.69, 9.17) is 4.74 Å². The minimum atomic E-state index is -0.312. The summed E-state index contributed by atoms with van der Waals surface area (Å²) in [6.07, 6.45) is 0. The second kappa shape index (κ2) is 5.36. The number of hydrogen-bond donors (Lipinski definition) is 1. The molecule has 1 aromatic heterocycles. The van der Waals surface area contributed by atoms with E-state index in [1.165, 1.54) is 0 Å². The van der Waals surface area contributed by atoms with Crippen LogP contribution in [-0.2, 0) is 11.3 Å². The van der Waals surface area contributed by atoms with Crippen molar-refractivity contribution in [1.82, 2.24) is 15.4 Å². The Bertz CT molecular complexity index is 808. The van der Waals surface area contributed by atoms with Crippen LogP contribution < -0.4 is 0 Å². The van der Waals surface area contributed by atoms with E-state index in [0.717, 1.165) is 27.7 Å². The zero-order chi connectivity index (χ0) is 14.8. The number of carbonyl (C=O) groups excluding carboxylic acids is 1. The number of aromatic nitrogens is 3. The molecule has 0 spiro atoms. The van der Waals surface area contributed by atoms with Crippen LogP contribution in [-0.4, -0.2) is 21.4 Å². The number of aromatic amines is 1. The molecule has 0 aliphatic rings. The van der Waals surface area contributed by atoms with Crippen molar-refractivity contribution in [1.29, 1.82) is 0 Å². The van der Waals surface area contributed by atoms with Crippen molar-refractivity contribution in [2.24, 2.45) is 0 Å². The molecule has 0 unspecified atom stereocenters. The summed E-state index contributed by atoms with van der Waals surface area (Å²) in [5.74, 6) is -0.312. The van der Waals surface area contributed by atoms with Crippen LogP contribution in [0.2, 0.25) is 0 Å². The first-order valence-electron chi connectivity index (χ1n) is 6.67. The standard InChI is InChI=1S/C16H15N3O2/c1-10-3-5-13(11(2)7-10)16(20)21-9-12-4-6-14-15(8-12)18-19-17-14/h3-8H,9H2,1-2H3,(H,17,18,19). The van der Waals surface area contributed by atoms with Crippen LogP contribution in [0.15, 0.2) is 36.4 Å². The lowest BCUT2D eigenvalue weighted by molar-refractivity contribution is 0.0472. The number of hydrogen-bond acceptors (Lipinski definition) is 4. The third-order valence-corrected chi connectivity index (χ3v) is 3.35. The van der Waals surface area contributed by atoms with Crippen LogP contribution in [0.5, 0.6) is 0 Å². The quantitative estimate of drug-likeness (QED) is 0.749. The molecule has 0 aliphatic heterocycles. The summed E-state index contributed by atoms with van der Waals surface area (Å²) in [5.41, 5.74) is 5.08. The Balaban J connectivity index is 1.73. The van der Waals surface area contributed by atoms with Crippen molar-refractivity contribution >= 4 is 17.0 Å². The molecule has 1 N–H and O–H groups in total. The Labute approximate surface area is 121 Å². The van der Waals surface area contributed by atoms with E-state index in [2.05, 4.69) is 15.4 Å². The van der Waals surface area contributed by atoms with E-state index < -0.39 is 0 Å². The maximum absolute atomic E-state index is 12.1. The first-order chi connectivity index (χ1) is 10.1. The topological polar surface area (TPSA) is 67.9 Å². The molecule has 0 radical (unpaired) electrons. The van der Waals surface area contributed by atoms with E-state index >= 15 is 0 Å². The average molecular weight is 281 g/mol. The van der Waals surface area contributed by atoms with Gasteiger partial charge in [-0.1, -0.05) is 23.8 Å². The SMILES string of the molecule is Cc1ccc(C(=O)OCc2ccc3n[nH]nc3c2)c(C)c1. The molecule has 0 bridgehead atoms. The Hall–Kier alpha value is -2.69. The third-order valence-electron chi connectivity index (χ3n) is 3.35. The van der Waals surface area contributed by atoms with Gasteiger partial charge >= 0.3 is 5.97 Å². The Morgan fingerprint density at radius 2 is 1.90 bits per heavy atom. The molecule has 21 heavy (non-hydrogen) atoms. The zero-order valence-electron chi connectivity index (χ0n) is 11.9. The summed E-state index contributed by atoms with van der Waals surface area (Å²) in [6, 6.07) is 11.3. The van der Waals surface area contributed by atoms with E-state index in [9.17, 15) is 4.79 Å². The smallest absolute Gasteiger partial charge is 0.338 e. The number of aryl methyl sites for hydroxylation is 2. The van der Waals surface area contributed by atoms with Crippen LogP contribution in [0, 0.1) is 13.8 Å². The number of H-pyrrole nitrogens is 1. The number of nitrogens with one attached hydrogen (secondary N) is 1. The van der Waals surface area contributed by atoms with Gasteiger partial charge in [0.2, 0.25) is 0 Å². The molecule has 0 atom stereocenters. The van der Waals surface area contributed by atoms with Gasteiger partial charge in [0.05, 0.1) is 5.56 Å². The predicted molar refractivity (Wildman–Crippen MR) is 78.9 cm³/mol. The van der Waals surface area contributed by atoms with Crippen molar-refractivity contribution in [3.8, 4) is 0 Å². The summed E-state index contributed by atoms with van der Waals surface area (Å²) in [4.78, 5) is 12.1. The van der Waals surface area contributed by atoms with Gasteiger partial charge in [-0.25, -0.2) is 4.79 Å². The van der Waals surface area contributed by atoms with Crippen LogP contribution in [0.1, 0.15) is 27.0 Å². The number of esters is 1. The number of benzene rings is 2. The van der Waals surface area contributed by atoms with Gasteiger partial charge in [0, 0.05) is 0 Å². The fourth-order valence-electron chi connectivity index (χ4n) is 2.24. The zero-order valence-corrected chi connectivity index (χ0v) is 11.9. The fraction of sp³-hybridized carbons (Fsp3) is 0.188. The maximum Gasteiger partial charge on any atom is 0.338 e. The van der Waals surface area contributed by atoms with Crippen molar-refractivity contribution < 1.29 is 9.53 Å². The highest BCUT2D eigenvalue weighted by molar-refractivity contribution is 5.91. The largest absolute Gasteiger partial charge is 0.457 e. The second-order valence-corrected chi connectivity index (χ2v) is 5.04. The molecule has 0 saturated heterocycles. The van der Waals surface area contributed by atoms with Gasteiger partial charge in [-0.2, -0.15) is 15.4 Å². The highest BCUT2D eigenvalue weighted by atomic mass is 16.5. The van der Waals surface area contributed by atoms with Crippen molar-refractivity contribution in [3.63, 3.8) is 0 Å². The normalized spacial score (nSPS) is 10.8. The van der Waals surface area contributed by atoms with Crippen molar-refractivity contribution in [2.45, 2.75) is 20.5 Å². The van der Waals surface area contributed by atoms with Crippen LogP contribution in [0.4, 0.5) is 0 Å². The molecule has 5 nitrogen and oxygen atoms in total. The van der Waals surface area contributed by atoms with Gasteiger partial charge in [-0.3, -0.25) is 0 Å². The molecule has 0 amide bonds. The van der Waals surface area contributed by atoms with Gasteiger partial charge in [-0.05, 0) is 43.2 Å². The lowest BCUT2D eigenvalue weighted by Crippen LogP contribution is -2.07. The third kappa shape index (κ3) is 2.76. The Morgan fingerprint density at radius 1 is 1.10 bits per heavy atom. The monoisotopic (exact) mass is 281 g/mol. The molecule has 0 fully saturated rings. The predicted octanol–water partition coefficient (Wildman–Crippen LogP) is 2.93. The highest BCUT2D eigenvalue weighted by Gasteiger charge is 2.11. The Kier molecular flexibility index (Phi) is 3.39. The molecule has 0 saturated carbocycles. The van der Waals surface area contributed by atoms with E-state index in [-0.39, 0.29) is 12.6 Å². The Morgan fingerprint density at radius 3 is 2.71 bits per heavy atom. The molecule has 2 aromatic carbocycles. The molecule has 106 valence electrons. The molecular weight excluding hydrogens is 266 g/mol. The van der Waals surface area contributed by atoms with Gasteiger partial charge in [0.1, 0.15) is 17.6 Å². The number of ether oxygens (including phenoxy) is 1. The first kappa shape index (κ1) is 13.3. The van der Waals surface area contributed by atoms with Gasteiger partial charge in [-0.15, -0.1) is 0 Å². The lowest BCUT2D eigenvalue weighted by atomic mass is 10.1. The molecule has 0 aliphatic carbocycles. The molecular formula is C16H15N3O2. The summed E-state index contributed by atoms with van der Waals surface area (Å²) in [5, 5.41) is 10.6. The summed E-state index contributed by atoms with van der Waals surface area (Å²) < 4.78 is 5.36. The summed E-state index contributed by atoms with van der Waals surface area (Å²) in [7, 11) is 0. The second-order valence-electron chi connectivity index (χ2n) is 5.04. The van der Waals surface area contributed by atoms with E-state index in [0.29, 0.717) is 5.56 Å². The average Bonchev–Trinajstić information content (AvgIpc) is 2.92. The fourth-order valence-corrected chi connectivity index (χ4v) is 2.24. The highest BCUT2D eigenvalue weighted by Crippen LogP contribution is 2.15. The minimum Gasteiger partial charge on any atom is -0.457 e. The lowest BCUT2D eigenvalue weighted by Gasteiger charge is -2.08.